The molecule has 36 heavy (non-hydrogen) atoms. The highest BCUT2D eigenvalue weighted by molar-refractivity contribution is 7.92. The predicted molar refractivity (Wildman–Crippen MR) is 144 cm³/mol. The zero-order valence-electron chi connectivity index (χ0n) is 22.2. The molecule has 0 spiro atoms. The van der Waals surface area contributed by atoms with E-state index in [-0.39, 0.29) is 18.4 Å². The molecule has 2 aromatic carbocycles. The molecule has 1 N–H and O–H groups in total. The van der Waals surface area contributed by atoms with Crippen molar-refractivity contribution in [2.24, 2.45) is 0 Å². The second-order valence-electron chi connectivity index (χ2n) is 9.07. The number of ether oxygens (including phenoxy) is 1. The molecule has 2 amide bonds. The number of carbonyl (C=O) groups is 2. The van der Waals surface area contributed by atoms with Gasteiger partial charge in [-0.2, -0.15) is 0 Å². The van der Waals surface area contributed by atoms with Gasteiger partial charge in [0.15, 0.2) is 0 Å². The Morgan fingerprint density at radius 2 is 1.67 bits per heavy atom. The SMILES string of the molecule is CCCNC(=O)[C@@H](CC)N(Cc1ccc(OC)cc1)C(=O)CN(c1ccccc1C(C)C)S(C)(=O)=O. The van der Waals surface area contributed by atoms with Gasteiger partial charge in [-0.15, -0.1) is 0 Å². The van der Waals surface area contributed by atoms with Crippen molar-refractivity contribution in [3.05, 3.63) is 59.7 Å². The quantitative estimate of drug-likeness (QED) is 0.435. The van der Waals surface area contributed by atoms with Crippen molar-refractivity contribution < 1.29 is 22.7 Å². The van der Waals surface area contributed by atoms with E-state index in [9.17, 15) is 18.0 Å². The molecule has 2 aromatic rings. The van der Waals surface area contributed by atoms with E-state index in [0.717, 1.165) is 28.1 Å². The number of benzene rings is 2. The number of nitrogens with zero attached hydrogens (tertiary/aromatic N) is 2. The molecular weight excluding hydrogens is 478 g/mol. The molecule has 0 heterocycles. The summed E-state index contributed by atoms with van der Waals surface area (Å²) in [4.78, 5) is 28.3. The zero-order valence-corrected chi connectivity index (χ0v) is 23.0. The van der Waals surface area contributed by atoms with E-state index in [0.29, 0.717) is 24.4 Å². The summed E-state index contributed by atoms with van der Waals surface area (Å²) in [6.07, 6.45) is 2.25. The van der Waals surface area contributed by atoms with E-state index < -0.39 is 28.5 Å². The van der Waals surface area contributed by atoms with E-state index in [1.807, 2.05) is 52.0 Å². The van der Waals surface area contributed by atoms with Crippen molar-refractivity contribution >= 4 is 27.5 Å². The molecule has 0 bridgehead atoms. The van der Waals surface area contributed by atoms with Crippen molar-refractivity contribution in [2.75, 3.05) is 30.8 Å². The van der Waals surface area contributed by atoms with Gasteiger partial charge in [-0.05, 0) is 48.1 Å². The fraction of sp³-hybridized carbons (Fsp3) is 0.481. The molecule has 1 atom stereocenters. The number of hydrogen-bond acceptors (Lipinski definition) is 5. The van der Waals surface area contributed by atoms with Crippen LogP contribution in [0.1, 0.15) is 57.6 Å². The molecule has 2 rings (SSSR count). The van der Waals surface area contributed by atoms with Gasteiger partial charge in [0, 0.05) is 13.1 Å². The van der Waals surface area contributed by atoms with Crippen molar-refractivity contribution in [1.29, 1.82) is 0 Å². The van der Waals surface area contributed by atoms with Crippen LogP contribution in [0.2, 0.25) is 0 Å². The number of hydrogen-bond donors (Lipinski definition) is 1. The number of anilines is 1. The van der Waals surface area contributed by atoms with E-state index >= 15 is 0 Å². The maximum absolute atomic E-state index is 13.8. The van der Waals surface area contributed by atoms with Crippen LogP contribution in [0.4, 0.5) is 5.69 Å². The standard InChI is InChI=1S/C27H39N3O5S/c1-7-17-28-27(32)24(8-2)29(18-21-13-15-22(35-5)16-14-21)26(31)19-30(36(6,33)34)25-12-10-9-11-23(25)20(3)4/h9-16,20,24H,7-8,17-19H2,1-6H3,(H,28,32)/t24-/m1/s1. The van der Waals surface area contributed by atoms with Gasteiger partial charge in [-0.1, -0.05) is 58.0 Å². The number of sulfonamides is 1. The van der Waals surface area contributed by atoms with Crippen LogP contribution in [0.15, 0.2) is 48.5 Å². The molecule has 198 valence electrons. The number of rotatable bonds is 13. The van der Waals surface area contributed by atoms with Crippen LogP contribution < -0.4 is 14.4 Å². The predicted octanol–water partition coefficient (Wildman–Crippen LogP) is 3.92. The maximum atomic E-state index is 13.8. The summed E-state index contributed by atoms with van der Waals surface area (Å²) < 4.78 is 32.1. The summed E-state index contributed by atoms with van der Waals surface area (Å²) in [5.41, 5.74) is 2.10. The molecule has 0 fully saturated rings. The van der Waals surface area contributed by atoms with Crippen molar-refractivity contribution in [3.8, 4) is 5.75 Å². The molecular formula is C27H39N3O5S. The van der Waals surface area contributed by atoms with Gasteiger partial charge >= 0.3 is 0 Å². The Bertz CT molecular complexity index is 1120. The number of amides is 2. The Balaban J connectivity index is 2.48. The highest BCUT2D eigenvalue weighted by Gasteiger charge is 2.32. The van der Waals surface area contributed by atoms with Gasteiger partial charge in [0.25, 0.3) is 0 Å². The zero-order chi connectivity index (χ0) is 26.9. The fourth-order valence-corrected chi connectivity index (χ4v) is 4.88. The van der Waals surface area contributed by atoms with Gasteiger partial charge in [0.2, 0.25) is 21.8 Å². The third-order valence-corrected chi connectivity index (χ3v) is 7.08. The number of nitrogens with one attached hydrogen (secondary N) is 1. The first-order valence-corrected chi connectivity index (χ1v) is 14.1. The molecule has 0 aliphatic rings. The van der Waals surface area contributed by atoms with Crippen LogP contribution in [0.5, 0.6) is 5.75 Å². The Kier molecular flexibility index (Phi) is 10.8. The topological polar surface area (TPSA) is 96.0 Å². The minimum atomic E-state index is -3.78. The molecule has 0 saturated carbocycles. The highest BCUT2D eigenvalue weighted by Crippen LogP contribution is 2.29. The minimum Gasteiger partial charge on any atom is -0.497 e. The average molecular weight is 518 g/mol. The lowest BCUT2D eigenvalue weighted by Gasteiger charge is -2.33. The summed E-state index contributed by atoms with van der Waals surface area (Å²) >= 11 is 0. The lowest BCUT2D eigenvalue weighted by Crippen LogP contribution is -2.52. The van der Waals surface area contributed by atoms with Gasteiger partial charge < -0.3 is 15.0 Å². The molecule has 9 heteroatoms. The molecule has 0 radical (unpaired) electrons. The van der Waals surface area contributed by atoms with Crippen LogP contribution in [0.3, 0.4) is 0 Å². The summed E-state index contributed by atoms with van der Waals surface area (Å²) in [6, 6.07) is 13.7. The number of carbonyl (C=O) groups excluding carboxylic acids is 2. The smallest absolute Gasteiger partial charge is 0.244 e. The van der Waals surface area contributed by atoms with E-state index in [4.69, 9.17) is 4.74 Å². The lowest BCUT2D eigenvalue weighted by molar-refractivity contribution is -0.140. The van der Waals surface area contributed by atoms with Crippen LogP contribution in [0, 0.1) is 0 Å². The molecule has 0 unspecified atom stereocenters. The number of para-hydroxylation sites is 1. The van der Waals surface area contributed by atoms with Crippen molar-refractivity contribution in [1.82, 2.24) is 10.2 Å². The minimum absolute atomic E-state index is 0.0548. The summed E-state index contributed by atoms with van der Waals surface area (Å²) in [5, 5.41) is 2.88. The Morgan fingerprint density at radius 1 is 1.03 bits per heavy atom. The van der Waals surface area contributed by atoms with Gasteiger partial charge in [-0.3, -0.25) is 13.9 Å². The first-order valence-electron chi connectivity index (χ1n) is 12.3. The van der Waals surface area contributed by atoms with E-state index in [1.54, 1.807) is 31.4 Å². The lowest BCUT2D eigenvalue weighted by atomic mass is 10.0. The third kappa shape index (κ3) is 7.71. The summed E-state index contributed by atoms with van der Waals surface area (Å²) in [5.74, 6) is 0.0278. The summed E-state index contributed by atoms with van der Waals surface area (Å²) in [7, 11) is -2.21. The second kappa shape index (κ2) is 13.3. The Morgan fingerprint density at radius 3 is 2.19 bits per heavy atom. The normalized spacial score (nSPS) is 12.2. The molecule has 0 aliphatic carbocycles. The molecule has 8 nitrogen and oxygen atoms in total. The first kappa shape index (κ1) is 29.2. The monoisotopic (exact) mass is 517 g/mol. The molecule has 0 aromatic heterocycles. The molecule has 0 aliphatic heterocycles. The Labute approximate surface area is 215 Å². The van der Waals surface area contributed by atoms with Crippen LogP contribution in [-0.2, 0) is 26.2 Å². The largest absolute Gasteiger partial charge is 0.497 e. The van der Waals surface area contributed by atoms with Gasteiger partial charge in [-0.25, -0.2) is 8.42 Å². The van der Waals surface area contributed by atoms with E-state index in [1.165, 1.54) is 4.90 Å². The van der Waals surface area contributed by atoms with E-state index in [2.05, 4.69) is 5.32 Å². The van der Waals surface area contributed by atoms with Crippen LogP contribution in [0.25, 0.3) is 0 Å². The number of methoxy groups -OCH3 is 1. The third-order valence-electron chi connectivity index (χ3n) is 5.95. The maximum Gasteiger partial charge on any atom is 0.244 e. The summed E-state index contributed by atoms with van der Waals surface area (Å²) in [6.45, 7) is 7.99. The second-order valence-corrected chi connectivity index (χ2v) is 11.0. The highest BCUT2D eigenvalue weighted by atomic mass is 32.2. The fourth-order valence-electron chi connectivity index (χ4n) is 4.01. The van der Waals surface area contributed by atoms with Gasteiger partial charge in [0.1, 0.15) is 18.3 Å². The first-order chi connectivity index (χ1) is 17.0. The van der Waals surface area contributed by atoms with Gasteiger partial charge in [0.05, 0.1) is 19.1 Å². The Hall–Kier alpha value is -3.07. The van der Waals surface area contributed by atoms with Crippen LogP contribution in [-0.4, -0.2) is 57.6 Å². The molecule has 0 saturated heterocycles. The van der Waals surface area contributed by atoms with Crippen molar-refractivity contribution in [3.63, 3.8) is 0 Å². The average Bonchev–Trinajstić information content (AvgIpc) is 2.85. The van der Waals surface area contributed by atoms with Crippen LogP contribution >= 0.6 is 0 Å². The van der Waals surface area contributed by atoms with Crippen molar-refractivity contribution in [2.45, 2.75) is 59.0 Å².